The van der Waals surface area contributed by atoms with Crippen LogP contribution in [0.25, 0.3) is 0 Å². The van der Waals surface area contributed by atoms with E-state index in [1.807, 2.05) is 6.07 Å². The fourth-order valence-corrected chi connectivity index (χ4v) is 1.49. The quantitative estimate of drug-likeness (QED) is 0.650. The Labute approximate surface area is 70.8 Å². The molecule has 12 heavy (non-hydrogen) atoms. The molecule has 0 fully saturated rings. The van der Waals surface area contributed by atoms with E-state index in [9.17, 15) is 5.11 Å². The Morgan fingerprint density at radius 3 is 3.17 bits per heavy atom. The first-order valence-electron chi connectivity index (χ1n) is 3.94. The summed E-state index contributed by atoms with van der Waals surface area (Å²) in [6.45, 7) is 1.08. The summed E-state index contributed by atoms with van der Waals surface area (Å²) in [7, 11) is 0. The Bertz CT molecular complexity index is 299. The first-order chi connectivity index (χ1) is 5.81. The molecule has 0 saturated carbocycles. The summed E-state index contributed by atoms with van der Waals surface area (Å²) in [5.74, 6) is 0.276. The molecule has 0 saturated heterocycles. The number of phenols is 1. The van der Waals surface area contributed by atoms with Crippen molar-refractivity contribution in [2.24, 2.45) is 5.73 Å². The van der Waals surface area contributed by atoms with Crippen LogP contribution in [0, 0.1) is 0 Å². The Kier molecular flexibility index (Phi) is 1.75. The van der Waals surface area contributed by atoms with Crippen LogP contribution < -0.4 is 5.73 Å². The zero-order valence-electron chi connectivity index (χ0n) is 6.66. The molecule has 64 valence electrons. The van der Waals surface area contributed by atoms with E-state index in [0.29, 0.717) is 13.2 Å². The van der Waals surface area contributed by atoms with Gasteiger partial charge in [0.1, 0.15) is 5.75 Å². The molecule has 1 aromatic rings. The molecule has 3 nitrogen and oxygen atoms in total. The van der Waals surface area contributed by atoms with E-state index in [0.717, 1.165) is 11.1 Å². The molecular weight excluding hydrogens is 154 g/mol. The molecule has 0 aromatic heterocycles. The van der Waals surface area contributed by atoms with E-state index in [1.54, 1.807) is 12.1 Å². The molecule has 0 radical (unpaired) electrons. The molecule has 0 spiro atoms. The van der Waals surface area contributed by atoms with Crippen molar-refractivity contribution in [3.05, 3.63) is 29.3 Å². The van der Waals surface area contributed by atoms with E-state index >= 15 is 0 Å². The first kappa shape index (κ1) is 7.58. The van der Waals surface area contributed by atoms with Gasteiger partial charge in [0.15, 0.2) is 0 Å². The lowest BCUT2D eigenvalue weighted by Crippen LogP contribution is -2.10. The maximum absolute atomic E-state index is 9.21. The first-order valence-corrected chi connectivity index (χ1v) is 3.94. The van der Waals surface area contributed by atoms with Crippen LogP contribution in [0.2, 0.25) is 0 Å². The van der Waals surface area contributed by atoms with Gasteiger partial charge in [-0.25, -0.2) is 0 Å². The number of fused-ring (bicyclic) bond motifs is 1. The van der Waals surface area contributed by atoms with Gasteiger partial charge in [-0.15, -0.1) is 0 Å². The molecule has 1 unspecified atom stereocenters. The number of aromatic hydroxyl groups is 1. The maximum Gasteiger partial charge on any atom is 0.115 e. The summed E-state index contributed by atoms with van der Waals surface area (Å²) in [5.41, 5.74) is 7.65. The van der Waals surface area contributed by atoms with Crippen molar-refractivity contribution in [1.29, 1.82) is 0 Å². The smallest absolute Gasteiger partial charge is 0.115 e. The summed E-state index contributed by atoms with van der Waals surface area (Å²) in [6, 6.07) is 5.27. The van der Waals surface area contributed by atoms with Crippen LogP contribution in [0.3, 0.4) is 0 Å². The second kappa shape index (κ2) is 2.77. The molecule has 0 amide bonds. The van der Waals surface area contributed by atoms with E-state index in [-0.39, 0.29) is 11.9 Å². The molecule has 1 atom stereocenters. The third-order valence-corrected chi connectivity index (χ3v) is 2.13. The number of hydrogen-bond donors (Lipinski definition) is 2. The number of rotatable bonds is 1. The van der Waals surface area contributed by atoms with Crippen molar-refractivity contribution in [3.8, 4) is 5.75 Å². The van der Waals surface area contributed by atoms with Crippen molar-refractivity contribution < 1.29 is 9.84 Å². The number of phenolic OH excluding ortho intramolecular Hbond substituents is 1. The molecule has 0 aliphatic carbocycles. The van der Waals surface area contributed by atoms with Gasteiger partial charge in [-0.05, 0) is 23.3 Å². The third-order valence-electron chi connectivity index (χ3n) is 2.13. The van der Waals surface area contributed by atoms with Crippen LogP contribution in [-0.2, 0) is 11.3 Å². The van der Waals surface area contributed by atoms with Crippen LogP contribution in [0.1, 0.15) is 17.2 Å². The largest absolute Gasteiger partial charge is 0.508 e. The van der Waals surface area contributed by atoms with Crippen molar-refractivity contribution in [2.75, 3.05) is 6.54 Å². The highest BCUT2D eigenvalue weighted by molar-refractivity contribution is 5.38. The maximum atomic E-state index is 9.21. The van der Waals surface area contributed by atoms with Gasteiger partial charge in [0, 0.05) is 6.54 Å². The molecule has 0 bridgehead atoms. The van der Waals surface area contributed by atoms with Crippen molar-refractivity contribution >= 4 is 0 Å². The topological polar surface area (TPSA) is 55.5 Å². The van der Waals surface area contributed by atoms with Gasteiger partial charge in [0.05, 0.1) is 12.7 Å². The lowest BCUT2D eigenvalue weighted by molar-refractivity contribution is 0.0723. The van der Waals surface area contributed by atoms with E-state index < -0.39 is 0 Å². The molecule has 1 aliphatic heterocycles. The minimum Gasteiger partial charge on any atom is -0.508 e. The highest BCUT2D eigenvalue weighted by Gasteiger charge is 2.21. The summed E-state index contributed by atoms with van der Waals surface area (Å²) in [6.07, 6.45) is -0.0351. The van der Waals surface area contributed by atoms with Gasteiger partial charge < -0.3 is 15.6 Å². The van der Waals surface area contributed by atoms with Crippen LogP contribution in [0.4, 0.5) is 0 Å². The van der Waals surface area contributed by atoms with Gasteiger partial charge in [0.25, 0.3) is 0 Å². The van der Waals surface area contributed by atoms with Crippen LogP contribution >= 0.6 is 0 Å². The molecular formula is C9H11NO2. The van der Waals surface area contributed by atoms with Crippen LogP contribution in [0.5, 0.6) is 5.75 Å². The highest BCUT2D eigenvalue weighted by atomic mass is 16.5. The van der Waals surface area contributed by atoms with Crippen molar-refractivity contribution in [3.63, 3.8) is 0 Å². The SMILES string of the molecule is NCC1OCc2ccc(O)cc21. The molecule has 1 aliphatic rings. The second-order valence-corrected chi connectivity index (χ2v) is 2.92. The summed E-state index contributed by atoms with van der Waals surface area (Å²) >= 11 is 0. The second-order valence-electron chi connectivity index (χ2n) is 2.92. The zero-order chi connectivity index (χ0) is 8.55. The molecule has 3 heteroatoms. The Hall–Kier alpha value is -1.06. The lowest BCUT2D eigenvalue weighted by Gasteiger charge is -2.06. The monoisotopic (exact) mass is 165 g/mol. The fourth-order valence-electron chi connectivity index (χ4n) is 1.49. The number of benzene rings is 1. The van der Waals surface area contributed by atoms with Crippen molar-refractivity contribution in [1.82, 2.24) is 0 Å². The van der Waals surface area contributed by atoms with Gasteiger partial charge in [-0.1, -0.05) is 6.07 Å². The van der Waals surface area contributed by atoms with Crippen LogP contribution in [0.15, 0.2) is 18.2 Å². The standard InChI is InChI=1S/C9H11NO2/c10-4-9-8-3-7(11)2-1-6(8)5-12-9/h1-3,9,11H,4-5,10H2. The normalized spacial score (nSPS) is 20.9. The van der Waals surface area contributed by atoms with E-state index in [2.05, 4.69) is 0 Å². The highest BCUT2D eigenvalue weighted by Crippen LogP contribution is 2.31. The molecule has 2 rings (SSSR count). The fraction of sp³-hybridized carbons (Fsp3) is 0.333. The lowest BCUT2D eigenvalue weighted by atomic mass is 10.1. The average Bonchev–Trinajstić information content (AvgIpc) is 2.46. The predicted molar refractivity (Wildman–Crippen MR) is 44.7 cm³/mol. The Balaban J connectivity index is 2.42. The molecule has 1 aromatic carbocycles. The predicted octanol–water partition coefficient (Wildman–Crippen LogP) is 0.922. The minimum atomic E-state index is -0.0351. The Morgan fingerprint density at radius 2 is 2.42 bits per heavy atom. The Morgan fingerprint density at radius 1 is 1.58 bits per heavy atom. The number of ether oxygens (including phenoxy) is 1. The summed E-state index contributed by atoms with van der Waals surface area (Å²) in [4.78, 5) is 0. The summed E-state index contributed by atoms with van der Waals surface area (Å²) in [5, 5.41) is 9.21. The van der Waals surface area contributed by atoms with E-state index in [1.165, 1.54) is 0 Å². The number of hydrogen-bond acceptors (Lipinski definition) is 3. The average molecular weight is 165 g/mol. The van der Waals surface area contributed by atoms with E-state index in [4.69, 9.17) is 10.5 Å². The van der Waals surface area contributed by atoms with Gasteiger partial charge >= 0.3 is 0 Å². The van der Waals surface area contributed by atoms with Crippen molar-refractivity contribution in [2.45, 2.75) is 12.7 Å². The van der Waals surface area contributed by atoms with Crippen LogP contribution in [-0.4, -0.2) is 11.7 Å². The third kappa shape index (κ3) is 1.07. The summed E-state index contributed by atoms with van der Waals surface area (Å²) < 4.78 is 5.39. The molecule has 3 N–H and O–H groups in total. The number of nitrogens with two attached hydrogens (primary N) is 1. The minimum absolute atomic E-state index is 0.0351. The molecule has 1 heterocycles. The van der Waals surface area contributed by atoms with Gasteiger partial charge in [-0.3, -0.25) is 0 Å². The van der Waals surface area contributed by atoms with Gasteiger partial charge in [0.2, 0.25) is 0 Å². The van der Waals surface area contributed by atoms with Gasteiger partial charge in [-0.2, -0.15) is 0 Å². The zero-order valence-corrected chi connectivity index (χ0v) is 6.66.